The van der Waals surface area contributed by atoms with Gasteiger partial charge in [-0.15, -0.1) is 0 Å². The summed E-state index contributed by atoms with van der Waals surface area (Å²) in [6.45, 7) is 2.18. The first kappa shape index (κ1) is 13.2. The smallest absolute Gasteiger partial charge is 0.255 e. The van der Waals surface area contributed by atoms with Gasteiger partial charge in [-0.05, 0) is 31.0 Å². The predicted molar refractivity (Wildman–Crippen MR) is 88.2 cm³/mol. The molecule has 112 valence electrons. The van der Waals surface area contributed by atoms with E-state index < -0.39 is 0 Å². The Morgan fingerprint density at radius 3 is 2.50 bits per heavy atom. The molecule has 0 bridgehead atoms. The van der Waals surface area contributed by atoms with Gasteiger partial charge in [-0.1, -0.05) is 30.3 Å². The number of nitrogens with zero attached hydrogens (tertiary/aromatic N) is 1. The lowest BCUT2D eigenvalue weighted by Crippen LogP contribution is -2.39. The Morgan fingerprint density at radius 2 is 1.64 bits per heavy atom. The summed E-state index contributed by atoms with van der Waals surface area (Å²) in [6, 6.07) is 16.0. The number of nitrogens with one attached hydrogen (secondary N) is 2. The number of amides is 1. The maximum absolute atomic E-state index is 12.3. The fourth-order valence-electron chi connectivity index (χ4n) is 3.34. The summed E-state index contributed by atoms with van der Waals surface area (Å²) < 4.78 is 0. The molecule has 1 saturated heterocycles. The van der Waals surface area contributed by atoms with Crippen LogP contribution < -0.4 is 15.5 Å². The highest BCUT2D eigenvalue weighted by molar-refractivity contribution is 6.01. The van der Waals surface area contributed by atoms with Gasteiger partial charge in [0.05, 0.1) is 5.56 Å². The van der Waals surface area contributed by atoms with Crippen LogP contribution in [0.15, 0.2) is 48.5 Å². The normalized spacial score (nSPS) is 20.3. The molecule has 2 aliphatic heterocycles. The van der Waals surface area contributed by atoms with Crippen molar-refractivity contribution >= 4 is 17.3 Å². The minimum Gasteiger partial charge on any atom is -0.371 e. The molecule has 2 N–H and O–H groups in total. The average Bonchev–Trinajstić information content (AvgIpc) is 3.09. The fraction of sp³-hybridized carbons (Fsp3) is 0.278. The highest BCUT2D eigenvalue weighted by Crippen LogP contribution is 2.32. The van der Waals surface area contributed by atoms with Crippen molar-refractivity contribution in [1.82, 2.24) is 5.32 Å². The summed E-state index contributed by atoms with van der Waals surface area (Å²) in [7, 11) is 0. The Balaban J connectivity index is 1.70. The Kier molecular flexibility index (Phi) is 3.22. The second kappa shape index (κ2) is 5.37. The van der Waals surface area contributed by atoms with E-state index in [9.17, 15) is 4.79 Å². The minimum atomic E-state index is -0.181. The van der Waals surface area contributed by atoms with Gasteiger partial charge in [0, 0.05) is 30.0 Å². The van der Waals surface area contributed by atoms with E-state index >= 15 is 0 Å². The van der Waals surface area contributed by atoms with Crippen LogP contribution in [0.5, 0.6) is 0 Å². The summed E-state index contributed by atoms with van der Waals surface area (Å²) in [5.74, 6) is -0.0180. The molecule has 0 aliphatic carbocycles. The number of benzene rings is 2. The lowest BCUT2D eigenvalue weighted by molar-refractivity contribution is 0.0936. The van der Waals surface area contributed by atoms with E-state index in [1.807, 2.05) is 30.3 Å². The first-order valence-electron chi connectivity index (χ1n) is 7.83. The van der Waals surface area contributed by atoms with E-state index in [0.717, 1.165) is 24.3 Å². The quantitative estimate of drug-likeness (QED) is 0.894. The molecule has 2 aliphatic rings. The van der Waals surface area contributed by atoms with Crippen LogP contribution in [0.2, 0.25) is 0 Å². The van der Waals surface area contributed by atoms with Gasteiger partial charge < -0.3 is 15.5 Å². The van der Waals surface area contributed by atoms with Crippen molar-refractivity contribution in [3.05, 3.63) is 59.7 Å². The van der Waals surface area contributed by atoms with Gasteiger partial charge in [0.25, 0.3) is 5.91 Å². The number of anilines is 2. The third-order valence-corrected chi connectivity index (χ3v) is 4.44. The number of hydrogen-bond acceptors (Lipinski definition) is 3. The van der Waals surface area contributed by atoms with E-state index in [-0.39, 0.29) is 12.1 Å². The second-order valence-electron chi connectivity index (χ2n) is 5.85. The molecule has 0 aromatic heterocycles. The van der Waals surface area contributed by atoms with E-state index in [0.29, 0.717) is 5.56 Å². The number of hydrogen-bond donors (Lipinski definition) is 2. The van der Waals surface area contributed by atoms with E-state index in [2.05, 4.69) is 33.7 Å². The van der Waals surface area contributed by atoms with Crippen LogP contribution in [0.25, 0.3) is 0 Å². The van der Waals surface area contributed by atoms with Gasteiger partial charge >= 0.3 is 0 Å². The van der Waals surface area contributed by atoms with Gasteiger partial charge in [-0.2, -0.15) is 0 Å². The fourth-order valence-corrected chi connectivity index (χ4v) is 3.34. The molecular weight excluding hydrogens is 274 g/mol. The van der Waals surface area contributed by atoms with Gasteiger partial charge in [0.15, 0.2) is 0 Å². The van der Waals surface area contributed by atoms with Crippen LogP contribution >= 0.6 is 0 Å². The van der Waals surface area contributed by atoms with Gasteiger partial charge in [-0.25, -0.2) is 0 Å². The van der Waals surface area contributed by atoms with Crippen LogP contribution in [-0.4, -0.2) is 19.0 Å². The van der Waals surface area contributed by atoms with E-state index in [1.165, 1.54) is 18.5 Å². The lowest BCUT2D eigenvalue weighted by Gasteiger charge is -2.31. The van der Waals surface area contributed by atoms with Crippen molar-refractivity contribution in [3.63, 3.8) is 0 Å². The summed E-state index contributed by atoms with van der Waals surface area (Å²) in [6.07, 6.45) is 2.29. The predicted octanol–water partition coefficient (Wildman–Crippen LogP) is 3.14. The monoisotopic (exact) mass is 293 g/mol. The zero-order valence-electron chi connectivity index (χ0n) is 12.4. The van der Waals surface area contributed by atoms with Crippen LogP contribution in [0.1, 0.15) is 34.9 Å². The molecule has 4 rings (SSSR count). The molecule has 2 heterocycles. The first-order chi connectivity index (χ1) is 10.8. The SMILES string of the molecule is O=C1NC(c2ccccc2N2CCCC2)Nc2ccccc21. The van der Waals surface area contributed by atoms with Crippen molar-refractivity contribution in [2.24, 2.45) is 0 Å². The molecule has 1 amide bonds. The molecule has 2 aromatic carbocycles. The first-order valence-corrected chi connectivity index (χ1v) is 7.83. The molecule has 0 spiro atoms. The molecule has 4 nitrogen and oxygen atoms in total. The van der Waals surface area contributed by atoms with Crippen LogP contribution in [0.4, 0.5) is 11.4 Å². The summed E-state index contributed by atoms with van der Waals surface area (Å²) in [5.41, 5.74) is 3.95. The molecule has 1 atom stereocenters. The molecule has 22 heavy (non-hydrogen) atoms. The molecule has 1 fully saturated rings. The Labute approximate surface area is 130 Å². The maximum atomic E-state index is 12.3. The van der Waals surface area contributed by atoms with Crippen molar-refractivity contribution in [3.8, 4) is 0 Å². The molecule has 0 radical (unpaired) electrons. The number of rotatable bonds is 2. The van der Waals surface area contributed by atoms with Crippen molar-refractivity contribution in [2.75, 3.05) is 23.3 Å². The summed E-state index contributed by atoms with van der Waals surface area (Å²) in [4.78, 5) is 14.7. The summed E-state index contributed by atoms with van der Waals surface area (Å²) >= 11 is 0. The third-order valence-electron chi connectivity index (χ3n) is 4.44. The van der Waals surface area contributed by atoms with E-state index in [1.54, 1.807) is 0 Å². The number of fused-ring (bicyclic) bond motifs is 1. The van der Waals surface area contributed by atoms with Crippen molar-refractivity contribution in [1.29, 1.82) is 0 Å². The number of carbonyl (C=O) groups is 1. The van der Waals surface area contributed by atoms with E-state index in [4.69, 9.17) is 0 Å². The molecule has 4 heteroatoms. The van der Waals surface area contributed by atoms with Gasteiger partial charge in [-0.3, -0.25) is 4.79 Å². The highest BCUT2D eigenvalue weighted by atomic mass is 16.2. The Bertz CT molecular complexity index is 707. The second-order valence-corrected chi connectivity index (χ2v) is 5.85. The number of carbonyl (C=O) groups excluding carboxylic acids is 1. The average molecular weight is 293 g/mol. The maximum Gasteiger partial charge on any atom is 0.255 e. The van der Waals surface area contributed by atoms with Crippen molar-refractivity contribution < 1.29 is 4.79 Å². The standard InChI is InChI=1S/C18H19N3O/c22-18-13-7-1-3-9-15(13)19-17(20-18)14-8-2-4-10-16(14)21-11-5-6-12-21/h1-4,7-10,17,19H,5-6,11-12H2,(H,20,22). The molecule has 2 aromatic rings. The molecular formula is C18H19N3O. The third kappa shape index (κ3) is 2.21. The zero-order valence-corrected chi connectivity index (χ0v) is 12.4. The minimum absolute atomic E-state index is 0.0180. The van der Waals surface area contributed by atoms with Gasteiger partial charge in [0.1, 0.15) is 6.17 Å². The Morgan fingerprint density at radius 1 is 0.909 bits per heavy atom. The Hall–Kier alpha value is -2.49. The zero-order chi connectivity index (χ0) is 14.9. The van der Waals surface area contributed by atoms with Crippen LogP contribution in [-0.2, 0) is 0 Å². The molecule has 0 saturated carbocycles. The lowest BCUT2D eigenvalue weighted by atomic mass is 10.0. The van der Waals surface area contributed by atoms with Gasteiger partial charge in [0.2, 0.25) is 0 Å². The summed E-state index contributed by atoms with van der Waals surface area (Å²) in [5, 5.41) is 6.52. The van der Waals surface area contributed by atoms with Crippen LogP contribution in [0.3, 0.4) is 0 Å². The largest absolute Gasteiger partial charge is 0.371 e. The van der Waals surface area contributed by atoms with Crippen molar-refractivity contribution in [2.45, 2.75) is 19.0 Å². The molecule has 1 unspecified atom stereocenters. The topological polar surface area (TPSA) is 44.4 Å². The number of para-hydroxylation sites is 2. The highest BCUT2D eigenvalue weighted by Gasteiger charge is 2.27. The van der Waals surface area contributed by atoms with Crippen LogP contribution in [0, 0.1) is 0 Å².